The Bertz CT molecular complexity index is 389. The van der Waals surface area contributed by atoms with Crippen LogP contribution < -0.4 is 14.8 Å². The number of para-hydroxylation sites is 2. The molecule has 1 unspecified atom stereocenters. The third-order valence-corrected chi connectivity index (χ3v) is 3.42. The van der Waals surface area contributed by atoms with Crippen LogP contribution in [0.1, 0.15) is 19.8 Å². The van der Waals surface area contributed by atoms with E-state index in [1.807, 2.05) is 24.3 Å². The molecule has 106 valence electrons. The lowest BCUT2D eigenvalue weighted by molar-refractivity contribution is 0.0273. The van der Waals surface area contributed by atoms with Crippen molar-refractivity contribution in [3.8, 4) is 11.5 Å². The SMILES string of the molecule is COc1ccccc1OCCNC1(C)CCCOC1. The fourth-order valence-corrected chi connectivity index (χ4v) is 2.33. The van der Waals surface area contributed by atoms with Crippen molar-refractivity contribution in [3.05, 3.63) is 24.3 Å². The fraction of sp³-hybridized carbons (Fsp3) is 0.600. The average Bonchev–Trinajstić information content (AvgIpc) is 2.45. The van der Waals surface area contributed by atoms with Gasteiger partial charge in [-0.3, -0.25) is 0 Å². The Hall–Kier alpha value is -1.26. The van der Waals surface area contributed by atoms with E-state index in [1.54, 1.807) is 7.11 Å². The summed E-state index contributed by atoms with van der Waals surface area (Å²) in [4.78, 5) is 0. The largest absolute Gasteiger partial charge is 0.493 e. The smallest absolute Gasteiger partial charge is 0.161 e. The van der Waals surface area contributed by atoms with E-state index in [-0.39, 0.29) is 5.54 Å². The molecule has 1 N–H and O–H groups in total. The minimum atomic E-state index is 0.0857. The standard InChI is InChI=1S/C15H23NO3/c1-15(8-5-10-18-12-15)16-9-11-19-14-7-4-3-6-13(14)17-2/h3-4,6-7,16H,5,8-12H2,1-2H3. The van der Waals surface area contributed by atoms with Crippen molar-refractivity contribution in [2.45, 2.75) is 25.3 Å². The Labute approximate surface area is 115 Å². The van der Waals surface area contributed by atoms with Crippen LogP contribution in [0, 0.1) is 0 Å². The highest BCUT2D eigenvalue weighted by molar-refractivity contribution is 5.39. The highest BCUT2D eigenvalue weighted by Crippen LogP contribution is 2.25. The quantitative estimate of drug-likeness (QED) is 0.801. The lowest BCUT2D eigenvalue weighted by Crippen LogP contribution is -2.50. The Kier molecular flexibility index (Phi) is 5.05. The van der Waals surface area contributed by atoms with Crippen molar-refractivity contribution in [2.75, 3.05) is 33.5 Å². The molecule has 1 heterocycles. The number of benzene rings is 1. The van der Waals surface area contributed by atoms with Crippen molar-refractivity contribution in [1.82, 2.24) is 5.32 Å². The molecule has 0 aromatic heterocycles. The van der Waals surface area contributed by atoms with Gasteiger partial charge in [0.2, 0.25) is 0 Å². The van der Waals surface area contributed by atoms with Gasteiger partial charge in [-0.15, -0.1) is 0 Å². The van der Waals surface area contributed by atoms with Crippen molar-refractivity contribution in [3.63, 3.8) is 0 Å². The topological polar surface area (TPSA) is 39.7 Å². The molecule has 0 radical (unpaired) electrons. The maximum atomic E-state index is 5.74. The molecule has 1 aliphatic heterocycles. The van der Waals surface area contributed by atoms with E-state index in [4.69, 9.17) is 14.2 Å². The Morgan fingerprint density at radius 2 is 2.11 bits per heavy atom. The van der Waals surface area contributed by atoms with Crippen LogP contribution in [0.2, 0.25) is 0 Å². The number of methoxy groups -OCH3 is 1. The van der Waals surface area contributed by atoms with Crippen LogP contribution in [0.25, 0.3) is 0 Å². The van der Waals surface area contributed by atoms with E-state index in [1.165, 1.54) is 0 Å². The van der Waals surface area contributed by atoms with Crippen LogP contribution in [0.5, 0.6) is 11.5 Å². The summed E-state index contributed by atoms with van der Waals surface area (Å²) in [5.41, 5.74) is 0.0857. The number of rotatable bonds is 6. The predicted octanol–water partition coefficient (Wildman–Crippen LogP) is 2.23. The van der Waals surface area contributed by atoms with Crippen LogP contribution >= 0.6 is 0 Å². The van der Waals surface area contributed by atoms with Crippen molar-refractivity contribution in [2.24, 2.45) is 0 Å². The predicted molar refractivity (Wildman–Crippen MR) is 74.9 cm³/mol. The minimum Gasteiger partial charge on any atom is -0.493 e. The lowest BCUT2D eigenvalue weighted by atomic mass is 9.95. The summed E-state index contributed by atoms with van der Waals surface area (Å²) < 4.78 is 16.5. The summed E-state index contributed by atoms with van der Waals surface area (Å²) in [6.07, 6.45) is 2.28. The Morgan fingerprint density at radius 3 is 2.79 bits per heavy atom. The monoisotopic (exact) mass is 265 g/mol. The van der Waals surface area contributed by atoms with Crippen LogP contribution in [-0.2, 0) is 4.74 Å². The highest BCUT2D eigenvalue weighted by atomic mass is 16.5. The van der Waals surface area contributed by atoms with Crippen LogP contribution in [0.4, 0.5) is 0 Å². The molecule has 1 aliphatic rings. The highest BCUT2D eigenvalue weighted by Gasteiger charge is 2.26. The molecule has 2 rings (SSSR count). The summed E-state index contributed by atoms with van der Waals surface area (Å²) in [5.74, 6) is 1.56. The molecule has 0 saturated carbocycles. The molecule has 0 aliphatic carbocycles. The molecule has 19 heavy (non-hydrogen) atoms. The summed E-state index contributed by atoms with van der Waals surface area (Å²) in [5, 5.41) is 3.51. The van der Waals surface area contributed by atoms with Gasteiger partial charge in [-0.05, 0) is 31.9 Å². The molecule has 1 aromatic carbocycles. The van der Waals surface area contributed by atoms with E-state index in [2.05, 4.69) is 12.2 Å². The number of ether oxygens (including phenoxy) is 3. The van der Waals surface area contributed by atoms with Crippen molar-refractivity contribution < 1.29 is 14.2 Å². The van der Waals surface area contributed by atoms with Crippen molar-refractivity contribution in [1.29, 1.82) is 0 Å². The average molecular weight is 265 g/mol. The molecule has 0 bridgehead atoms. The van der Waals surface area contributed by atoms with Gasteiger partial charge in [0.25, 0.3) is 0 Å². The van der Waals surface area contributed by atoms with Crippen LogP contribution in [0.3, 0.4) is 0 Å². The van der Waals surface area contributed by atoms with Gasteiger partial charge < -0.3 is 19.5 Å². The van der Waals surface area contributed by atoms with Crippen LogP contribution in [0.15, 0.2) is 24.3 Å². The second-order valence-electron chi connectivity index (χ2n) is 5.14. The first-order chi connectivity index (χ1) is 9.23. The van der Waals surface area contributed by atoms with E-state index < -0.39 is 0 Å². The van der Waals surface area contributed by atoms with Gasteiger partial charge in [0.15, 0.2) is 11.5 Å². The van der Waals surface area contributed by atoms with Crippen LogP contribution in [-0.4, -0.2) is 39.0 Å². The molecule has 1 aromatic rings. The molecular formula is C15H23NO3. The third kappa shape index (κ3) is 4.11. The second-order valence-corrected chi connectivity index (χ2v) is 5.14. The Morgan fingerprint density at radius 1 is 1.32 bits per heavy atom. The maximum absolute atomic E-state index is 5.74. The molecule has 1 atom stereocenters. The number of hydrogen-bond donors (Lipinski definition) is 1. The van der Waals surface area contributed by atoms with E-state index in [0.717, 1.165) is 44.1 Å². The zero-order valence-electron chi connectivity index (χ0n) is 11.8. The first-order valence-corrected chi connectivity index (χ1v) is 6.82. The summed E-state index contributed by atoms with van der Waals surface area (Å²) >= 11 is 0. The molecule has 0 amide bonds. The van der Waals surface area contributed by atoms with Gasteiger partial charge in [-0.25, -0.2) is 0 Å². The molecule has 4 nitrogen and oxygen atoms in total. The van der Waals surface area contributed by atoms with Gasteiger partial charge in [0.1, 0.15) is 6.61 Å². The molecule has 0 spiro atoms. The second kappa shape index (κ2) is 6.78. The number of hydrogen-bond acceptors (Lipinski definition) is 4. The lowest BCUT2D eigenvalue weighted by Gasteiger charge is -2.34. The summed E-state index contributed by atoms with van der Waals surface area (Å²) in [6.45, 7) is 5.29. The van der Waals surface area contributed by atoms with E-state index in [9.17, 15) is 0 Å². The zero-order valence-corrected chi connectivity index (χ0v) is 11.8. The zero-order chi connectivity index (χ0) is 13.6. The van der Waals surface area contributed by atoms with Gasteiger partial charge >= 0.3 is 0 Å². The van der Waals surface area contributed by atoms with Gasteiger partial charge in [0.05, 0.1) is 13.7 Å². The molecule has 4 heteroatoms. The number of nitrogens with one attached hydrogen (secondary N) is 1. The normalized spacial score (nSPS) is 23.1. The Balaban J connectivity index is 1.74. The van der Waals surface area contributed by atoms with Gasteiger partial charge in [-0.2, -0.15) is 0 Å². The molecule has 1 fully saturated rings. The maximum Gasteiger partial charge on any atom is 0.161 e. The molecule has 1 saturated heterocycles. The first kappa shape index (κ1) is 14.2. The van der Waals surface area contributed by atoms with Gasteiger partial charge in [0, 0.05) is 18.7 Å². The molecular weight excluding hydrogens is 242 g/mol. The fourth-order valence-electron chi connectivity index (χ4n) is 2.33. The van der Waals surface area contributed by atoms with E-state index >= 15 is 0 Å². The summed E-state index contributed by atoms with van der Waals surface area (Å²) in [7, 11) is 1.65. The third-order valence-electron chi connectivity index (χ3n) is 3.42. The van der Waals surface area contributed by atoms with Gasteiger partial charge in [-0.1, -0.05) is 12.1 Å². The summed E-state index contributed by atoms with van der Waals surface area (Å²) in [6, 6.07) is 7.70. The first-order valence-electron chi connectivity index (χ1n) is 6.82. The van der Waals surface area contributed by atoms with E-state index in [0.29, 0.717) is 6.61 Å². The van der Waals surface area contributed by atoms with Crippen molar-refractivity contribution >= 4 is 0 Å². The minimum absolute atomic E-state index is 0.0857.